The number of benzene rings is 1. The molecule has 0 spiro atoms. The van der Waals surface area contributed by atoms with E-state index in [1.165, 1.54) is 4.90 Å². The van der Waals surface area contributed by atoms with Gasteiger partial charge in [-0.2, -0.15) is 0 Å². The topological polar surface area (TPSA) is 42.0 Å². The van der Waals surface area contributed by atoms with Crippen LogP contribution < -0.4 is 5.32 Å². The molecule has 0 bridgehead atoms. The molecule has 92 valence electrons. The van der Waals surface area contributed by atoms with E-state index in [4.69, 9.17) is 0 Å². The highest BCUT2D eigenvalue weighted by Gasteiger charge is 2.06. The van der Waals surface area contributed by atoms with Crippen molar-refractivity contribution in [2.24, 2.45) is 0 Å². The van der Waals surface area contributed by atoms with Crippen molar-refractivity contribution in [3.05, 3.63) is 52.8 Å². The molecule has 0 aliphatic carbocycles. The van der Waals surface area contributed by atoms with Crippen molar-refractivity contribution in [3.63, 3.8) is 0 Å². The van der Waals surface area contributed by atoms with E-state index in [0.29, 0.717) is 10.2 Å². The summed E-state index contributed by atoms with van der Waals surface area (Å²) in [5.74, 6) is -0.144. The Balaban J connectivity index is 2.11. The van der Waals surface area contributed by atoms with Gasteiger partial charge in [0.25, 0.3) is 5.91 Å². The van der Waals surface area contributed by atoms with Gasteiger partial charge in [0.1, 0.15) is 4.60 Å². The third-order valence-electron chi connectivity index (χ3n) is 2.34. The van der Waals surface area contributed by atoms with Crippen molar-refractivity contribution in [1.29, 1.82) is 0 Å². The van der Waals surface area contributed by atoms with Crippen molar-refractivity contribution in [2.45, 2.75) is 4.90 Å². The van der Waals surface area contributed by atoms with Crippen LogP contribution in [0.2, 0.25) is 0 Å². The predicted octanol–water partition coefficient (Wildman–Crippen LogP) is 3.82. The quantitative estimate of drug-likeness (QED) is 0.690. The summed E-state index contributed by atoms with van der Waals surface area (Å²) in [6.07, 6.45) is 3.61. The number of nitrogens with zero attached hydrogens (tertiary/aromatic N) is 1. The molecule has 0 radical (unpaired) electrons. The number of pyridine rings is 1. The third kappa shape index (κ3) is 3.34. The highest BCUT2D eigenvalue weighted by atomic mass is 79.9. The first kappa shape index (κ1) is 13.1. The molecule has 3 nitrogen and oxygen atoms in total. The van der Waals surface area contributed by atoms with Crippen molar-refractivity contribution in [3.8, 4) is 0 Å². The van der Waals surface area contributed by atoms with Gasteiger partial charge < -0.3 is 5.32 Å². The minimum absolute atomic E-state index is 0.144. The summed E-state index contributed by atoms with van der Waals surface area (Å²) in [6.45, 7) is 0. The van der Waals surface area contributed by atoms with E-state index >= 15 is 0 Å². The normalized spacial score (nSPS) is 10.1. The number of hydrogen-bond acceptors (Lipinski definition) is 3. The zero-order chi connectivity index (χ0) is 13.0. The van der Waals surface area contributed by atoms with Gasteiger partial charge in [-0.15, -0.1) is 11.8 Å². The van der Waals surface area contributed by atoms with Crippen LogP contribution in [0, 0.1) is 0 Å². The summed E-state index contributed by atoms with van der Waals surface area (Å²) in [5.41, 5.74) is 1.36. The second-order valence-electron chi connectivity index (χ2n) is 3.55. The number of anilines is 1. The van der Waals surface area contributed by atoms with E-state index in [1.54, 1.807) is 30.1 Å². The number of carbonyl (C=O) groups excluding carboxylic acids is 1. The highest BCUT2D eigenvalue weighted by Crippen LogP contribution is 2.18. The van der Waals surface area contributed by atoms with Crippen LogP contribution in [0.4, 0.5) is 5.69 Å². The zero-order valence-electron chi connectivity index (χ0n) is 9.68. The van der Waals surface area contributed by atoms with Crippen LogP contribution in [0.1, 0.15) is 10.4 Å². The molecule has 1 amide bonds. The van der Waals surface area contributed by atoms with Gasteiger partial charge in [0.2, 0.25) is 0 Å². The van der Waals surface area contributed by atoms with Crippen molar-refractivity contribution in [2.75, 3.05) is 11.6 Å². The number of rotatable bonds is 3. The first-order valence-electron chi connectivity index (χ1n) is 5.26. The second-order valence-corrected chi connectivity index (χ2v) is 5.24. The Kier molecular flexibility index (Phi) is 4.38. The first-order valence-corrected chi connectivity index (χ1v) is 7.28. The number of amides is 1. The maximum Gasteiger partial charge on any atom is 0.255 e. The smallest absolute Gasteiger partial charge is 0.255 e. The molecule has 5 heteroatoms. The molecule has 2 rings (SSSR count). The van der Waals surface area contributed by atoms with Gasteiger partial charge in [-0.1, -0.05) is 0 Å². The highest BCUT2D eigenvalue weighted by molar-refractivity contribution is 9.10. The molecule has 2 aromatic rings. The zero-order valence-corrected chi connectivity index (χ0v) is 12.1. The van der Waals surface area contributed by atoms with Gasteiger partial charge in [0.15, 0.2) is 0 Å². The molecule has 0 saturated carbocycles. The number of halogens is 1. The largest absolute Gasteiger partial charge is 0.322 e. The standard InChI is InChI=1S/C13H11BrN2OS/c1-18-11-4-2-10(3-5-11)16-13(17)9-6-7-15-12(14)8-9/h2-8H,1H3,(H,16,17). The Labute approximate surface area is 118 Å². The Hall–Kier alpha value is -1.33. The summed E-state index contributed by atoms with van der Waals surface area (Å²) in [7, 11) is 0. The fourth-order valence-corrected chi connectivity index (χ4v) is 2.19. The summed E-state index contributed by atoms with van der Waals surface area (Å²) in [4.78, 5) is 17.1. The Bertz CT molecular complexity index is 557. The van der Waals surface area contributed by atoms with Crippen LogP contribution in [0.15, 0.2) is 52.1 Å². The molecule has 0 aliphatic heterocycles. The molecule has 0 unspecified atom stereocenters. The molecule has 0 saturated heterocycles. The van der Waals surface area contributed by atoms with E-state index in [9.17, 15) is 4.79 Å². The molecule has 18 heavy (non-hydrogen) atoms. The fourth-order valence-electron chi connectivity index (χ4n) is 1.42. The lowest BCUT2D eigenvalue weighted by molar-refractivity contribution is 0.102. The lowest BCUT2D eigenvalue weighted by Gasteiger charge is -2.06. The summed E-state index contributed by atoms with van der Waals surface area (Å²) >= 11 is 4.91. The lowest BCUT2D eigenvalue weighted by Crippen LogP contribution is -2.11. The number of nitrogens with one attached hydrogen (secondary N) is 1. The molecule has 1 heterocycles. The molecule has 1 N–H and O–H groups in total. The minimum atomic E-state index is -0.144. The average molecular weight is 323 g/mol. The Morgan fingerprint density at radius 3 is 2.61 bits per heavy atom. The molecular weight excluding hydrogens is 312 g/mol. The number of thioether (sulfide) groups is 1. The maximum atomic E-state index is 12.0. The molecule has 1 aromatic carbocycles. The van der Waals surface area contributed by atoms with E-state index in [0.717, 1.165) is 5.69 Å². The van der Waals surface area contributed by atoms with Crippen molar-refractivity contribution >= 4 is 39.3 Å². The predicted molar refractivity (Wildman–Crippen MR) is 78.1 cm³/mol. The SMILES string of the molecule is CSc1ccc(NC(=O)c2ccnc(Br)c2)cc1. The summed E-state index contributed by atoms with van der Waals surface area (Å²) in [5, 5.41) is 2.84. The van der Waals surface area contributed by atoms with Crippen LogP contribution in [0.5, 0.6) is 0 Å². The second kappa shape index (κ2) is 6.02. The van der Waals surface area contributed by atoms with Crippen LogP contribution in [0.25, 0.3) is 0 Å². The maximum absolute atomic E-state index is 12.0. The van der Waals surface area contributed by atoms with Crippen molar-refractivity contribution < 1.29 is 4.79 Å². The lowest BCUT2D eigenvalue weighted by atomic mass is 10.2. The molecular formula is C13H11BrN2OS. The first-order chi connectivity index (χ1) is 8.69. The molecule has 0 fully saturated rings. The molecule has 1 aromatic heterocycles. The molecule has 0 atom stereocenters. The van der Waals surface area contributed by atoms with E-state index < -0.39 is 0 Å². The minimum Gasteiger partial charge on any atom is -0.322 e. The number of carbonyl (C=O) groups is 1. The monoisotopic (exact) mass is 322 g/mol. The Morgan fingerprint density at radius 2 is 2.00 bits per heavy atom. The van der Waals surface area contributed by atoms with Crippen LogP contribution in [0.3, 0.4) is 0 Å². The van der Waals surface area contributed by atoms with Gasteiger partial charge in [0.05, 0.1) is 0 Å². The van der Waals surface area contributed by atoms with Crippen molar-refractivity contribution in [1.82, 2.24) is 4.98 Å². The summed E-state index contributed by atoms with van der Waals surface area (Å²) in [6, 6.07) is 11.1. The Morgan fingerprint density at radius 1 is 1.28 bits per heavy atom. The van der Waals surface area contributed by atoms with E-state index in [2.05, 4.69) is 26.2 Å². The van der Waals surface area contributed by atoms with Gasteiger partial charge >= 0.3 is 0 Å². The number of aromatic nitrogens is 1. The third-order valence-corrected chi connectivity index (χ3v) is 3.51. The van der Waals surface area contributed by atoms with Gasteiger partial charge in [-0.25, -0.2) is 4.98 Å². The van der Waals surface area contributed by atoms with Gasteiger partial charge in [-0.05, 0) is 58.6 Å². The van der Waals surface area contributed by atoms with E-state index in [-0.39, 0.29) is 5.91 Å². The summed E-state index contributed by atoms with van der Waals surface area (Å²) < 4.78 is 0.646. The van der Waals surface area contributed by atoms with Crippen LogP contribution in [-0.4, -0.2) is 17.1 Å². The van der Waals surface area contributed by atoms with Crippen LogP contribution in [-0.2, 0) is 0 Å². The molecule has 0 aliphatic rings. The fraction of sp³-hybridized carbons (Fsp3) is 0.0769. The van der Waals surface area contributed by atoms with Gasteiger partial charge in [-0.3, -0.25) is 4.79 Å². The number of hydrogen-bond donors (Lipinski definition) is 1. The van der Waals surface area contributed by atoms with Crippen LogP contribution >= 0.6 is 27.7 Å². The van der Waals surface area contributed by atoms with E-state index in [1.807, 2.05) is 30.5 Å². The average Bonchev–Trinajstić information content (AvgIpc) is 2.39. The van der Waals surface area contributed by atoms with Gasteiger partial charge in [0, 0.05) is 22.3 Å².